The molecule has 1 rings (SSSR count). The zero-order valence-corrected chi connectivity index (χ0v) is 7.28. The van der Waals surface area contributed by atoms with Crippen molar-refractivity contribution in [3.63, 3.8) is 0 Å². The molecule has 0 aliphatic carbocycles. The maximum atomic E-state index is 12.5. The quantitative estimate of drug-likeness (QED) is 0.631. The van der Waals surface area contributed by atoms with Crippen LogP contribution in [0.4, 0.5) is 13.2 Å². The van der Waals surface area contributed by atoms with Crippen LogP contribution in [0.1, 0.15) is 23.6 Å². The third-order valence-corrected chi connectivity index (χ3v) is 1.90. The van der Waals surface area contributed by atoms with Crippen molar-refractivity contribution < 1.29 is 13.2 Å². The lowest BCUT2D eigenvalue weighted by Gasteiger charge is -2.13. The summed E-state index contributed by atoms with van der Waals surface area (Å²) in [5, 5.41) is 0. The van der Waals surface area contributed by atoms with Crippen molar-refractivity contribution in [3.05, 3.63) is 41.8 Å². The van der Waals surface area contributed by atoms with E-state index < -0.39 is 11.7 Å². The number of rotatable bonds is 1. The number of halogens is 3. The number of aryl methyl sites for hydroxylation is 1. The van der Waals surface area contributed by atoms with Crippen molar-refractivity contribution in [2.45, 2.75) is 19.5 Å². The summed E-state index contributed by atoms with van der Waals surface area (Å²) < 4.78 is 37.4. The smallest absolute Gasteiger partial charge is 0.166 e. The Morgan fingerprint density at radius 2 is 1.92 bits per heavy atom. The number of hydrogen-bond acceptors (Lipinski definition) is 0. The molecule has 0 saturated heterocycles. The van der Waals surface area contributed by atoms with Crippen molar-refractivity contribution in [1.29, 1.82) is 0 Å². The first kappa shape index (κ1) is 10.1. The monoisotopic (exact) mass is 187 g/mol. The molecule has 0 saturated carbocycles. The van der Waals surface area contributed by atoms with Gasteiger partial charge in [0.1, 0.15) is 0 Å². The van der Waals surface area contributed by atoms with E-state index in [-0.39, 0.29) is 5.56 Å². The van der Waals surface area contributed by atoms with E-state index in [0.717, 1.165) is 0 Å². The topological polar surface area (TPSA) is 0 Å². The summed E-state index contributed by atoms with van der Waals surface area (Å²) in [5.41, 5.74) is -0.232. The van der Waals surface area contributed by atoms with Gasteiger partial charge in [-0.25, -0.2) is 0 Å². The highest BCUT2D eigenvalue weighted by Crippen LogP contribution is 2.34. The molecule has 71 valence electrons. The Hall–Kier alpha value is -0.990. The first-order chi connectivity index (χ1) is 5.96. The maximum Gasteiger partial charge on any atom is 0.416 e. The molecular formula is C10H10F3. The van der Waals surface area contributed by atoms with Crippen LogP contribution in [0.5, 0.6) is 0 Å². The third kappa shape index (κ3) is 2.02. The molecule has 3 heteroatoms. The second-order valence-corrected chi connectivity index (χ2v) is 2.80. The molecule has 0 aliphatic heterocycles. The number of hydrogen-bond donors (Lipinski definition) is 0. The molecule has 0 nitrogen and oxygen atoms in total. The largest absolute Gasteiger partial charge is 0.416 e. The predicted octanol–water partition coefficient (Wildman–Crippen LogP) is 3.45. The lowest BCUT2D eigenvalue weighted by molar-refractivity contribution is -0.138. The van der Waals surface area contributed by atoms with Gasteiger partial charge in [-0.2, -0.15) is 13.2 Å². The average Bonchev–Trinajstić information content (AvgIpc) is 2.01. The molecule has 0 amide bonds. The van der Waals surface area contributed by atoms with Crippen LogP contribution in [0.25, 0.3) is 0 Å². The Kier molecular flexibility index (Phi) is 2.64. The molecule has 1 radical (unpaired) electrons. The van der Waals surface area contributed by atoms with Crippen molar-refractivity contribution in [2.24, 2.45) is 0 Å². The van der Waals surface area contributed by atoms with Crippen LogP contribution in [-0.2, 0) is 12.6 Å². The first-order valence-corrected chi connectivity index (χ1v) is 3.98. The van der Waals surface area contributed by atoms with Crippen molar-refractivity contribution in [3.8, 4) is 0 Å². The van der Waals surface area contributed by atoms with E-state index in [1.807, 2.05) is 0 Å². The fourth-order valence-electron chi connectivity index (χ4n) is 1.31. The van der Waals surface area contributed by atoms with Gasteiger partial charge in [0.05, 0.1) is 5.56 Å². The Balaban J connectivity index is 3.32. The van der Waals surface area contributed by atoms with Gasteiger partial charge in [-0.15, -0.1) is 0 Å². The van der Waals surface area contributed by atoms with Crippen LogP contribution in [0.3, 0.4) is 0 Å². The molecule has 0 aliphatic rings. The first-order valence-electron chi connectivity index (χ1n) is 3.98. The van der Waals surface area contributed by atoms with Gasteiger partial charge in [-0.1, -0.05) is 25.1 Å². The predicted molar refractivity (Wildman–Crippen MR) is 45.3 cm³/mol. The average molecular weight is 187 g/mol. The molecule has 13 heavy (non-hydrogen) atoms. The number of alkyl halides is 3. The molecular weight excluding hydrogens is 177 g/mol. The van der Waals surface area contributed by atoms with E-state index in [2.05, 4.69) is 6.92 Å². The van der Waals surface area contributed by atoms with E-state index >= 15 is 0 Å². The Morgan fingerprint density at radius 1 is 1.31 bits per heavy atom. The lowest BCUT2D eigenvalue weighted by atomic mass is 10.00. The molecule has 0 unspecified atom stereocenters. The zero-order valence-electron chi connectivity index (χ0n) is 7.28. The lowest BCUT2D eigenvalue weighted by Crippen LogP contribution is -2.10. The second-order valence-electron chi connectivity index (χ2n) is 2.80. The highest BCUT2D eigenvalue weighted by molar-refractivity contribution is 5.39. The van der Waals surface area contributed by atoms with Gasteiger partial charge in [-0.05, 0) is 24.5 Å². The molecule has 0 aromatic heterocycles. The molecule has 0 bridgehead atoms. The normalized spacial score (nSPS) is 11.8. The second kappa shape index (κ2) is 3.40. The third-order valence-electron chi connectivity index (χ3n) is 1.90. The molecule has 0 spiro atoms. The minimum absolute atomic E-state index is 0.0480. The minimum Gasteiger partial charge on any atom is -0.166 e. The fourth-order valence-corrected chi connectivity index (χ4v) is 1.31. The van der Waals surface area contributed by atoms with Crippen LogP contribution in [0.2, 0.25) is 0 Å². The van der Waals surface area contributed by atoms with E-state index in [1.165, 1.54) is 12.1 Å². The summed E-state index contributed by atoms with van der Waals surface area (Å²) in [4.78, 5) is 0. The van der Waals surface area contributed by atoms with E-state index in [4.69, 9.17) is 0 Å². The van der Waals surface area contributed by atoms with Gasteiger partial charge in [0.2, 0.25) is 0 Å². The highest BCUT2D eigenvalue weighted by atomic mass is 19.4. The van der Waals surface area contributed by atoms with Gasteiger partial charge in [0.15, 0.2) is 0 Å². The van der Waals surface area contributed by atoms with Crippen LogP contribution in [0.15, 0.2) is 18.2 Å². The van der Waals surface area contributed by atoms with E-state index in [0.29, 0.717) is 12.0 Å². The van der Waals surface area contributed by atoms with Crippen molar-refractivity contribution in [2.75, 3.05) is 0 Å². The molecule has 0 atom stereocenters. The van der Waals surface area contributed by atoms with Crippen molar-refractivity contribution >= 4 is 0 Å². The summed E-state index contributed by atoms with van der Waals surface area (Å²) in [5.74, 6) is 0. The van der Waals surface area contributed by atoms with Crippen molar-refractivity contribution in [1.82, 2.24) is 0 Å². The van der Waals surface area contributed by atoms with Crippen LogP contribution >= 0.6 is 0 Å². The van der Waals surface area contributed by atoms with Crippen LogP contribution in [0, 0.1) is 6.92 Å². The summed E-state index contributed by atoms with van der Waals surface area (Å²) in [6.07, 6.45) is -3.91. The van der Waals surface area contributed by atoms with E-state index in [9.17, 15) is 13.2 Å². The summed E-state index contributed by atoms with van der Waals surface area (Å²) in [7, 11) is 0. The standard InChI is InChI=1S/C10H10F3/c1-3-8-6-4-5-7(2)9(8)10(11,12)13/h4-6H,2-3H2,1H3. The van der Waals surface area contributed by atoms with Gasteiger partial charge >= 0.3 is 6.18 Å². The zero-order chi connectivity index (χ0) is 10.1. The van der Waals surface area contributed by atoms with Crippen LogP contribution < -0.4 is 0 Å². The SMILES string of the molecule is [CH2]c1cccc(CC)c1C(F)(F)F. The van der Waals surface area contributed by atoms with Crippen LogP contribution in [-0.4, -0.2) is 0 Å². The number of benzene rings is 1. The van der Waals surface area contributed by atoms with E-state index in [1.54, 1.807) is 13.0 Å². The Bertz CT molecular complexity index is 300. The molecule has 0 N–H and O–H groups in total. The molecule has 0 heterocycles. The van der Waals surface area contributed by atoms with Gasteiger partial charge < -0.3 is 0 Å². The Morgan fingerprint density at radius 3 is 2.31 bits per heavy atom. The van der Waals surface area contributed by atoms with Gasteiger partial charge in [0, 0.05) is 0 Å². The summed E-state index contributed by atoms with van der Waals surface area (Å²) >= 11 is 0. The van der Waals surface area contributed by atoms with Gasteiger partial charge in [0.25, 0.3) is 0 Å². The molecule has 0 fully saturated rings. The fraction of sp³-hybridized carbons (Fsp3) is 0.300. The molecule has 1 aromatic rings. The maximum absolute atomic E-state index is 12.5. The highest BCUT2D eigenvalue weighted by Gasteiger charge is 2.34. The Labute approximate surface area is 75.4 Å². The van der Waals surface area contributed by atoms with Gasteiger partial charge in [-0.3, -0.25) is 0 Å². The molecule has 1 aromatic carbocycles. The summed E-state index contributed by atoms with van der Waals surface area (Å²) in [6, 6.07) is 4.45. The summed E-state index contributed by atoms with van der Waals surface area (Å²) in [6.45, 7) is 5.07. The minimum atomic E-state index is -4.29.